The molecule has 0 saturated heterocycles. The molecule has 0 aliphatic carbocycles. The number of hydrogen-bond acceptors (Lipinski definition) is 3. The minimum atomic E-state index is -2.91. The lowest BCUT2D eigenvalue weighted by atomic mass is 10.3. The molecule has 0 radical (unpaired) electrons. The topological polar surface area (TPSA) is 35.5 Å². The molecule has 0 N–H and O–H groups in total. The van der Waals surface area contributed by atoms with Crippen LogP contribution in [0.3, 0.4) is 0 Å². The van der Waals surface area contributed by atoms with E-state index in [4.69, 9.17) is 9.05 Å². The molecule has 0 amide bonds. The smallest absolute Gasteiger partial charge is 0.412 e. The molecule has 2 rings (SSSR count). The van der Waals surface area contributed by atoms with Crippen molar-refractivity contribution < 1.29 is 13.6 Å². The van der Waals surface area contributed by atoms with Crippen molar-refractivity contribution in [3.05, 3.63) is 24.3 Å². The Kier molecular flexibility index (Phi) is 2.28. The lowest BCUT2D eigenvalue weighted by Gasteiger charge is -2.11. The molecule has 0 fully saturated rings. The van der Waals surface area contributed by atoms with Crippen LogP contribution in [0.25, 0.3) is 0 Å². The molecule has 1 aliphatic heterocycles. The van der Waals surface area contributed by atoms with Crippen molar-refractivity contribution in [1.82, 2.24) is 0 Å². The normalized spacial score (nSPS) is 17.4. The van der Waals surface area contributed by atoms with Gasteiger partial charge >= 0.3 is 7.60 Å². The summed E-state index contributed by atoms with van der Waals surface area (Å²) in [5.41, 5.74) is 0. The van der Waals surface area contributed by atoms with Crippen LogP contribution in [0.1, 0.15) is 13.8 Å². The number of rotatable bonds is 2. The van der Waals surface area contributed by atoms with Crippen molar-refractivity contribution in [3.63, 3.8) is 0 Å². The number of para-hydroxylation sites is 2. The Morgan fingerprint density at radius 3 is 2.14 bits per heavy atom. The van der Waals surface area contributed by atoms with Gasteiger partial charge in [-0.2, -0.15) is 0 Å². The van der Waals surface area contributed by atoms with Gasteiger partial charge in [0.05, 0.1) is 6.16 Å². The molecule has 1 aromatic rings. The van der Waals surface area contributed by atoms with Crippen LogP contribution in [-0.2, 0) is 4.57 Å². The fourth-order valence-electron chi connectivity index (χ4n) is 1.44. The quantitative estimate of drug-likeness (QED) is 0.705. The van der Waals surface area contributed by atoms with E-state index in [9.17, 15) is 4.57 Å². The third kappa shape index (κ3) is 1.78. The number of fused-ring (bicyclic) bond motifs is 1. The van der Waals surface area contributed by atoms with Gasteiger partial charge in [-0.05, 0) is 18.1 Å². The molecule has 3 nitrogen and oxygen atoms in total. The molecule has 1 heterocycles. The van der Waals surface area contributed by atoms with Gasteiger partial charge in [-0.3, -0.25) is 0 Å². The van der Waals surface area contributed by atoms with E-state index < -0.39 is 7.60 Å². The van der Waals surface area contributed by atoms with E-state index in [0.29, 0.717) is 23.6 Å². The van der Waals surface area contributed by atoms with E-state index in [0.717, 1.165) is 0 Å². The van der Waals surface area contributed by atoms with E-state index in [1.807, 2.05) is 26.0 Å². The molecular weight excluding hydrogens is 199 g/mol. The van der Waals surface area contributed by atoms with Gasteiger partial charge < -0.3 is 9.05 Å². The standard InChI is InChI=1S/C10H13O3P/c1-8(2)7-14(11)12-9-5-3-4-6-10(9)13-14/h3-6,8H,7H2,1-2H3. The molecule has 0 saturated carbocycles. The fourth-order valence-corrected chi connectivity index (χ4v) is 3.42. The summed E-state index contributed by atoms with van der Waals surface area (Å²) < 4.78 is 22.7. The van der Waals surface area contributed by atoms with Crippen LogP contribution in [0, 0.1) is 5.92 Å². The van der Waals surface area contributed by atoms with Crippen molar-refractivity contribution in [2.24, 2.45) is 5.92 Å². The van der Waals surface area contributed by atoms with Crippen LogP contribution in [0.4, 0.5) is 0 Å². The second-order valence-electron chi connectivity index (χ2n) is 3.82. The predicted molar refractivity (Wildman–Crippen MR) is 55.0 cm³/mol. The molecule has 76 valence electrons. The molecule has 0 aromatic heterocycles. The Hall–Kier alpha value is -0.950. The van der Waals surface area contributed by atoms with Gasteiger partial charge in [0.1, 0.15) is 0 Å². The zero-order valence-corrected chi connectivity index (χ0v) is 9.16. The Balaban J connectivity index is 2.22. The SMILES string of the molecule is CC(C)CP1(=O)Oc2ccccc2O1. The van der Waals surface area contributed by atoms with Crippen LogP contribution < -0.4 is 9.05 Å². The van der Waals surface area contributed by atoms with Crippen LogP contribution in [-0.4, -0.2) is 6.16 Å². The fraction of sp³-hybridized carbons (Fsp3) is 0.400. The first kappa shape index (κ1) is 9.60. The lowest BCUT2D eigenvalue weighted by Crippen LogP contribution is -2.03. The van der Waals surface area contributed by atoms with E-state index in [-0.39, 0.29) is 0 Å². The maximum Gasteiger partial charge on any atom is 0.431 e. The highest BCUT2D eigenvalue weighted by molar-refractivity contribution is 7.55. The molecule has 1 aromatic carbocycles. The van der Waals surface area contributed by atoms with Crippen LogP contribution in [0.15, 0.2) is 24.3 Å². The Morgan fingerprint density at radius 2 is 1.71 bits per heavy atom. The third-order valence-corrected chi connectivity index (χ3v) is 4.04. The zero-order valence-electron chi connectivity index (χ0n) is 8.27. The van der Waals surface area contributed by atoms with E-state index >= 15 is 0 Å². The molecule has 0 spiro atoms. The van der Waals surface area contributed by atoms with Crippen molar-refractivity contribution >= 4 is 7.60 Å². The molecule has 0 bridgehead atoms. The van der Waals surface area contributed by atoms with Crippen molar-refractivity contribution in [2.75, 3.05) is 6.16 Å². The third-order valence-electron chi connectivity index (χ3n) is 1.91. The highest BCUT2D eigenvalue weighted by Crippen LogP contribution is 2.58. The Bertz CT molecular complexity index is 358. The molecular formula is C10H13O3P. The van der Waals surface area contributed by atoms with Crippen molar-refractivity contribution in [3.8, 4) is 11.5 Å². The molecule has 0 unspecified atom stereocenters. The average molecular weight is 212 g/mol. The minimum absolute atomic E-state index is 0.301. The van der Waals surface area contributed by atoms with Gasteiger partial charge in [0.2, 0.25) is 0 Å². The summed E-state index contributed by atoms with van der Waals surface area (Å²) in [7, 11) is -2.91. The van der Waals surface area contributed by atoms with Gasteiger partial charge in [0.15, 0.2) is 11.5 Å². The first-order valence-corrected chi connectivity index (χ1v) is 6.39. The van der Waals surface area contributed by atoms with Gasteiger partial charge in [0, 0.05) is 0 Å². The Morgan fingerprint density at radius 1 is 1.21 bits per heavy atom. The first-order valence-electron chi connectivity index (χ1n) is 4.66. The highest BCUT2D eigenvalue weighted by atomic mass is 31.2. The zero-order chi connectivity index (χ0) is 10.2. The molecule has 14 heavy (non-hydrogen) atoms. The maximum absolute atomic E-state index is 12.0. The molecule has 4 heteroatoms. The molecule has 1 aliphatic rings. The van der Waals surface area contributed by atoms with E-state index in [1.54, 1.807) is 12.1 Å². The van der Waals surface area contributed by atoms with E-state index in [2.05, 4.69) is 0 Å². The second kappa shape index (κ2) is 3.32. The van der Waals surface area contributed by atoms with Crippen molar-refractivity contribution in [2.45, 2.75) is 13.8 Å². The summed E-state index contributed by atoms with van der Waals surface area (Å²) in [6.45, 7) is 3.99. The second-order valence-corrected chi connectivity index (χ2v) is 5.77. The van der Waals surface area contributed by atoms with Gasteiger partial charge in [-0.25, -0.2) is 4.57 Å². The van der Waals surface area contributed by atoms with E-state index in [1.165, 1.54) is 0 Å². The summed E-state index contributed by atoms with van der Waals surface area (Å²) in [4.78, 5) is 0. The summed E-state index contributed by atoms with van der Waals surface area (Å²) in [5, 5.41) is 0. The summed E-state index contributed by atoms with van der Waals surface area (Å²) in [5.74, 6) is 1.49. The minimum Gasteiger partial charge on any atom is -0.412 e. The van der Waals surface area contributed by atoms with Crippen LogP contribution in [0.2, 0.25) is 0 Å². The first-order chi connectivity index (χ1) is 6.59. The lowest BCUT2D eigenvalue weighted by molar-refractivity contribution is 0.422. The molecule has 0 atom stereocenters. The van der Waals surface area contributed by atoms with Gasteiger partial charge in [-0.15, -0.1) is 0 Å². The Labute approximate surface area is 83.6 Å². The van der Waals surface area contributed by atoms with Gasteiger partial charge in [-0.1, -0.05) is 26.0 Å². The van der Waals surface area contributed by atoms with Crippen molar-refractivity contribution in [1.29, 1.82) is 0 Å². The highest BCUT2D eigenvalue weighted by Gasteiger charge is 2.36. The summed E-state index contributed by atoms with van der Waals surface area (Å²) >= 11 is 0. The monoisotopic (exact) mass is 212 g/mol. The maximum atomic E-state index is 12.0. The summed E-state index contributed by atoms with van der Waals surface area (Å²) in [6.07, 6.45) is 0.460. The largest absolute Gasteiger partial charge is 0.431 e. The number of hydrogen-bond donors (Lipinski definition) is 0. The average Bonchev–Trinajstić information content (AvgIpc) is 2.38. The number of benzene rings is 1. The predicted octanol–water partition coefficient (Wildman–Crippen LogP) is 3.31. The van der Waals surface area contributed by atoms with Crippen LogP contribution in [0.5, 0.6) is 11.5 Å². The summed E-state index contributed by atoms with van der Waals surface area (Å²) in [6, 6.07) is 7.23. The van der Waals surface area contributed by atoms with Crippen LogP contribution >= 0.6 is 7.60 Å². The van der Waals surface area contributed by atoms with Gasteiger partial charge in [0.25, 0.3) is 0 Å².